The predicted molar refractivity (Wildman–Crippen MR) is 88.4 cm³/mol. The Balaban J connectivity index is 2.57. The van der Waals surface area contributed by atoms with Gasteiger partial charge >= 0.3 is 0 Å². The van der Waals surface area contributed by atoms with Gasteiger partial charge in [-0.3, -0.25) is 4.79 Å². The zero-order valence-corrected chi connectivity index (χ0v) is 14.3. The van der Waals surface area contributed by atoms with E-state index in [1.807, 2.05) is 24.3 Å². The van der Waals surface area contributed by atoms with Gasteiger partial charge in [0.2, 0.25) is 0 Å². The second-order valence-corrected chi connectivity index (χ2v) is 6.71. The molecule has 4 heteroatoms. The SMILES string of the molecule is CC(C)CC(CNC(=O)c1cccc(I)c1)N(C)C. The molecule has 1 rings (SSSR count). The molecule has 1 unspecified atom stereocenters. The number of benzene rings is 1. The normalized spacial score (nSPS) is 12.8. The van der Waals surface area contributed by atoms with E-state index in [1.54, 1.807) is 0 Å². The number of likely N-dealkylation sites (N-methyl/N-ethyl adjacent to an activating group) is 1. The third-order valence-corrected chi connectivity index (χ3v) is 3.73. The van der Waals surface area contributed by atoms with E-state index in [0.717, 1.165) is 15.6 Å². The van der Waals surface area contributed by atoms with Gasteiger partial charge in [0.25, 0.3) is 5.91 Å². The van der Waals surface area contributed by atoms with Crippen LogP contribution in [0, 0.1) is 9.49 Å². The third kappa shape index (κ3) is 5.91. The van der Waals surface area contributed by atoms with Crippen LogP contribution in [0.1, 0.15) is 30.6 Å². The minimum Gasteiger partial charge on any atom is -0.350 e. The lowest BCUT2D eigenvalue weighted by Gasteiger charge is -2.26. The molecule has 0 spiro atoms. The highest BCUT2D eigenvalue weighted by Crippen LogP contribution is 2.10. The lowest BCUT2D eigenvalue weighted by Crippen LogP contribution is -2.41. The first kappa shape index (κ1) is 16.4. The molecule has 0 radical (unpaired) electrons. The standard InChI is InChI=1S/C15H23IN2O/c1-11(2)8-14(18(3)4)10-17-15(19)12-6-5-7-13(16)9-12/h5-7,9,11,14H,8,10H2,1-4H3,(H,17,19). The van der Waals surface area contributed by atoms with Gasteiger partial charge in [-0.05, 0) is 67.2 Å². The maximum Gasteiger partial charge on any atom is 0.251 e. The molecule has 3 nitrogen and oxygen atoms in total. The highest BCUT2D eigenvalue weighted by molar-refractivity contribution is 14.1. The molecule has 19 heavy (non-hydrogen) atoms. The van der Waals surface area contributed by atoms with Gasteiger partial charge in [-0.1, -0.05) is 19.9 Å². The Kier molecular flexibility index (Phi) is 6.79. The maximum atomic E-state index is 12.1. The minimum atomic E-state index is 0.00845. The lowest BCUT2D eigenvalue weighted by atomic mass is 10.0. The summed E-state index contributed by atoms with van der Waals surface area (Å²) in [6.45, 7) is 5.10. The smallest absolute Gasteiger partial charge is 0.251 e. The Bertz CT molecular complexity index is 418. The predicted octanol–water partition coefficient (Wildman–Crippen LogP) is 3.00. The van der Waals surface area contributed by atoms with Crippen LogP contribution in [0.3, 0.4) is 0 Å². The van der Waals surface area contributed by atoms with Crippen molar-refractivity contribution < 1.29 is 4.79 Å². The zero-order chi connectivity index (χ0) is 14.4. The van der Waals surface area contributed by atoms with Crippen LogP contribution >= 0.6 is 22.6 Å². The van der Waals surface area contributed by atoms with Crippen LogP contribution in [0.15, 0.2) is 24.3 Å². The van der Waals surface area contributed by atoms with E-state index in [-0.39, 0.29) is 5.91 Å². The number of rotatable bonds is 6. The lowest BCUT2D eigenvalue weighted by molar-refractivity contribution is 0.0938. The molecule has 0 bridgehead atoms. The van der Waals surface area contributed by atoms with Gasteiger partial charge in [0, 0.05) is 21.7 Å². The fourth-order valence-corrected chi connectivity index (χ4v) is 2.51. The van der Waals surface area contributed by atoms with Gasteiger partial charge in [0.15, 0.2) is 0 Å². The molecule has 0 aliphatic rings. The van der Waals surface area contributed by atoms with Crippen molar-refractivity contribution in [3.05, 3.63) is 33.4 Å². The summed E-state index contributed by atoms with van der Waals surface area (Å²) in [6.07, 6.45) is 1.08. The summed E-state index contributed by atoms with van der Waals surface area (Å²) in [4.78, 5) is 14.3. The van der Waals surface area contributed by atoms with Crippen molar-refractivity contribution in [2.24, 2.45) is 5.92 Å². The van der Waals surface area contributed by atoms with Crippen LogP contribution < -0.4 is 5.32 Å². The number of hydrogen-bond donors (Lipinski definition) is 1. The van der Waals surface area contributed by atoms with Crippen molar-refractivity contribution in [2.45, 2.75) is 26.3 Å². The molecule has 106 valence electrons. The van der Waals surface area contributed by atoms with Gasteiger partial charge in [0.05, 0.1) is 0 Å². The first-order valence-electron chi connectivity index (χ1n) is 6.60. The van der Waals surface area contributed by atoms with Crippen LogP contribution in [0.2, 0.25) is 0 Å². The minimum absolute atomic E-state index is 0.00845. The molecule has 0 fully saturated rings. The van der Waals surface area contributed by atoms with Gasteiger partial charge in [-0.25, -0.2) is 0 Å². The largest absolute Gasteiger partial charge is 0.350 e. The summed E-state index contributed by atoms with van der Waals surface area (Å²) in [5, 5.41) is 3.03. The van der Waals surface area contributed by atoms with E-state index >= 15 is 0 Å². The number of carbonyl (C=O) groups is 1. The van der Waals surface area contributed by atoms with E-state index in [9.17, 15) is 4.79 Å². The summed E-state index contributed by atoms with van der Waals surface area (Å²) in [5.74, 6) is 0.635. The number of halogens is 1. The van der Waals surface area contributed by atoms with Gasteiger partial charge < -0.3 is 10.2 Å². The van der Waals surface area contributed by atoms with Crippen molar-refractivity contribution in [2.75, 3.05) is 20.6 Å². The Morgan fingerprint density at radius 2 is 2.05 bits per heavy atom. The molecule has 0 saturated carbocycles. The molecule has 0 saturated heterocycles. The summed E-state index contributed by atoms with van der Waals surface area (Å²) < 4.78 is 1.08. The molecule has 1 atom stereocenters. The van der Waals surface area contributed by atoms with Gasteiger partial charge in [-0.2, -0.15) is 0 Å². The van der Waals surface area contributed by atoms with Crippen molar-refractivity contribution in [3.63, 3.8) is 0 Å². The topological polar surface area (TPSA) is 32.3 Å². The molecule has 1 aromatic rings. The number of hydrogen-bond acceptors (Lipinski definition) is 2. The number of carbonyl (C=O) groups excluding carboxylic acids is 1. The zero-order valence-electron chi connectivity index (χ0n) is 12.1. The summed E-state index contributed by atoms with van der Waals surface area (Å²) in [5.41, 5.74) is 0.731. The average Bonchev–Trinajstić information content (AvgIpc) is 2.33. The fourth-order valence-electron chi connectivity index (χ4n) is 1.96. The van der Waals surface area contributed by atoms with Crippen LogP contribution in [0.5, 0.6) is 0 Å². The molecule has 1 amide bonds. The highest BCUT2D eigenvalue weighted by Gasteiger charge is 2.15. The Morgan fingerprint density at radius 3 is 2.58 bits per heavy atom. The van der Waals surface area contributed by atoms with Crippen molar-refractivity contribution in [3.8, 4) is 0 Å². The Morgan fingerprint density at radius 1 is 1.37 bits per heavy atom. The van der Waals surface area contributed by atoms with E-state index in [2.05, 4.69) is 60.8 Å². The molecule has 0 heterocycles. The Labute approximate surface area is 129 Å². The highest BCUT2D eigenvalue weighted by atomic mass is 127. The monoisotopic (exact) mass is 374 g/mol. The molecular formula is C15H23IN2O. The number of nitrogens with zero attached hydrogens (tertiary/aromatic N) is 1. The second-order valence-electron chi connectivity index (χ2n) is 5.47. The van der Waals surface area contributed by atoms with Crippen LogP contribution in [0.25, 0.3) is 0 Å². The van der Waals surface area contributed by atoms with E-state index in [0.29, 0.717) is 18.5 Å². The summed E-state index contributed by atoms with van der Waals surface area (Å²) in [6, 6.07) is 8.03. The molecule has 1 N–H and O–H groups in total. The second kappa shape index (κ2) is 7.85. The van der Waals surface area contributed by atoms with Crippen molar-refractivity contribution in [1.29, 1.82) is 0 Å². The molecule has 0 aliphatic carbocycles. The van der Waals surface area contributed by atoms with Crippen molar-refractivity contribution in [1.82, 2.24) is 10.2 Å². The van der Waals surface area contributed by atoms with Gasteiger partial charge in [0.1, 0.15) is 0 Å². The Hall–Kier alpha value is -0.620. The molecular weight excluding hydrogens is 351 g/mol. The van der Waals surface area contributed by atoms with E-state index < -0.39 is 0 Å². The van der Waals surface area contributed by atoms with E-state index in [1.165, 1.54) is 0 Å². The number of amides is 1. The van der Waals surface area contributed by atoms with Gasteiger partial charge in [-0.15, -0.1) is 0 Å². The molecule has 0 aromatic heterocycles. The summed E-state index contributed by atoms with van der Waals surface area (Å²) in [7, 11) is 4.12. The first-order chi connectivity index (χ1) is 8.90. The fraction of sp³-hybridized carbons (Fsp3) is 0.533. The third-order valence-electron chi connectivity index (χ3n) is 3.06. The quantitative estimate of drug-likeness (QED) is 0.777. The maximum absolute atomic E-state index is 12.1. The average molecular weight is 374 g/mol. The van der Waals surface area contributed by atoms with Crippen molar-refractivity contribution >= 4 is 28.5 Å². The number of nitrogens with one attached hydrogen (secondary N) is 1. The van der Waals surface area contributed by atoms with Crippen LogP contribution in [-0.2, 0) is 0 Å². The van der Waals surface area contributed by atoms with E-state index in [4.69, 9.17) is 0 Å². The molecule has 0 aliphatic heterocycles. The van der Waals surface area contributed by atoms with Crippen LogP contribution in [-0.4, -0.2) is 37.5 Å². The summed E-state index contributed by atoms with van der Waals surface area (Å²) >= 11 is 2.22. The molecule has 1 aromatic carbocycles. The van der Waals surface area contributed by atoms with Crippen LogP contribution in [0.4, 0.5) is 0 Å². The first-order valence-corrected chi connectivity index (χ1v) is 7.68.